The van der Waals surface area contributed by atoms with Crippen LogP contribution in [-0.4, -0.2) is 35.3 Å². The third-order valence-electron chi connectivity index (χ3n) is 5.97. The summed E-state index contributed by atoms with van der Waals surface area (Å²) in [5, 5.41) is 2.27. The summed E-state index contributed by atoms with van der Waals surface area (Å²) in [4.78, 5) is 23.3. The standard InChI is InChI=1S/C14H17NO2.C13H15NO2/c1-10-5-6-11-7-8-15(12(11)9-10)14(2,3)13(16)17-4;1-9-4-5-11-6-7-14(12(11)8-9)10(2)13(15)16-3/h5-9H,1-4H3;4-8,10H,1-3H3. The molecule has 2 aromatic carbocycles. The van der Waals surface area contributed by atoms with Crippen molar-refractivity contribution in [3.63, 3.8) is 0 Å². The number of hydrogen-bond donors (Lipinski definition) is 0. The molecule has 33 heavy (non-hydrogen) atoms. The van der Waals surface area contributed by atoms with Crippen LogP contribution in [0.1, 0.15) is 37.9 Å². The summed E-state index contributed by atoms with van der Waals surface area (Å²) in [6.45, 7) is 9.65. The van der Waals surface area contributed by atoms with Crippen molar-refractivity contribution in [2.75, 3.05) is 14.2 Å². The van der Waals surface area contributed by atoms with E-state index in [2.05, 4.69) is 36.4 Å². The fourth-order valence-electron chi connectivity index (χ4n) is 3.95. The van der Waals surface area contributed by atoms with Crippen LogP contribution in [0, 0.1) is 13.8 Å². The lowest BCUT2D eigenvalue weighted by atomic mass is 10.1. The van der Waals surface area contributed by atoms with Crippen molar-refractivity contribution in [3.8, 4) is 0 Å². The number of carbonyl (C=O) groups excluding carboxylic acids is 2. The maximum absolute atomic E-state index is 11.8. The first-order valence-electron chi connectivity index (χ1n) is 10.9. The van der Waals surface area contributed by atoms with Gasteiger partial charge in [-0.1, -0.05) is 24.3 Å². The van der Waals surface area contributed by atoms with Gasteiger partial charge in [0.15, 0.2) is 0 Å². The van der Waals surface area contributed by atoms with E-state index in [-0.39, 0.29) is 18.0 Å². The highest BCUT2D eigenvalue weighted by Crippen LogP contribution is 2.26. The average Bonchev–Trinajstić information content (AvgIpc) is 3.41. The maximum Gasteiger partial charge on any atom is 0.331 e. The van der Waals surface area contributed by atoms with Crippen LogP contribution in [0.5, 0.6) is 0 Å². The van der Waals surface area contributed by atoms with E-state index in [1.165, 1.54) is 25.3 Å². The fraction of sp³-hybridized carbons (Fsp3) is 0.333. The van der Waals surface area contributed by atoms with Crippen LogP contribution in [0.2, 0.25) is 0 Å². The van der Waals surface area contributed by atoms with Gasteiger partial charge in [0.2, 0.25) is 0 Å². The Labute approximate surface area is 194 Å². The molecule has 0 amide bonds. The van der Waals surface area contributed by atoms with Gasteiger partial charge in [-0.25, -0.2) is 9.59 Å². The molecule has 0 spiro atoms. The molecule has 0 bridgehead atoms. The summed E-state index contributed by atoms with van der Waals surface area (Å²) in [6.07, 6.45) is 3.85. The van der Waals surface area contributed by atoms with Gasteiger partial charge < -0.3 is 18.6 Å². The topological polar surface area (TPSA) is 62.5 Å². The lowest BCUT2D eigenvalue weighted by molar-refractivity contribution is -0.149. The van der Waals surface area contributed by atoms with E-state index in [1.807, 2.05) is 68.3 Å². The molecule has 1 unspecified atom stereocenters. The van der Waals surface area contributed by atoms with E-state index < -0.39 is 5.54 Å². The Morgan fingerprint density at radius 2 is 1.36 bits per heavy atom. The highest BCUT2D eigenvalue weighted by molar-refractivity contribution is 5.86. The van der Waals surface area contributed by atoms with E-state index >= 15 is 0 Å². The monoisotopic (exact) mass is 448 g/mol. The van der Waals surface area contributed by atoms with E-state index in [4.69, 9.17) is 9.47 Å². The third-order valence-corrected chi connectivity index (χ3v) is 5.97. The van der Waals surface area contributed by atoms with Crippen LogP contribution in [-0.2, 0) is 24.6 Å². The van der Waals surface area contributed by atoms with Gasteiger partial charge >= 0.3 is 11.9 Å². The molecule has 0 fully saturated rings. The van der Waals surface area contributed by atoms with Crippen LogP contribution >= 0.6 is 0 Å². The van der Waals surface area contributed by atoms with Crippen molar-refractivity contribution >= 4 is 33.7 Å². The zero-order chi connectivity index (χ0) is 24.3. The summed E-state index contributed by atoms with van der Waals surface area (Å²) in [5.74, 6) is -0.462. The minimum Gasteiger partial charge on any atom is -0.467 e. The molecule has 174 valence electrons. The molecule has 0 aliphatic heterocycles. The van der Waals surface area contributed by atoms with Crippen molar-refractivity contribution in [1.29, 1.82) is 0 Å². The Bertz CT molecular complexity index is 1300. The number of fused-ring (bicyclic) bond motifs is 2. The lowest BCUT2D eigenvalue weighted by Gasteiger charge is -2.25. The SMILES string of the molecule is COC(=O)C(C)(C)n1ccc2ccc(C)cc21.COC(=O)C(C)n1ccc2ccc(C)cc21. The number of carbonyl (C=O) groups is 2. The maximum atomic E-state index is 11.8. The molecule has 0 N–H and O–H groups in total. The molecule has 4 rings (SSSR count). The number of nitrogens with zero attached hydrogens (tertiary/aromatic N) is 2. The molecule has 0 aliphatic carbocycles. The summed E-state index contributed by atoms with van der Waals surface area (Å²) in [6, 6.07) is 16.2. The van der Waals surface area contributed by atoms with Gasteiger partial charge in [-0.2, -0.15) is 0 Å². The second kappa shape index (κ2) is 9.53. The fourth-order valence-corrected chi connectivity index (χ4v) is 3.95. The number of hydrogen-bond acceptors (Lipinski definition) is 4. The molecule has 2 heterocycles. The summed E-state index contributed by atoms with van der Waals surface area (Å²) in [7, 11) is 2.83. The summed E-state index contributed by atoms with van der Waals surface area (Å²) < 4.78 is 13.5. The van der Waals surface area contributed by atoms with Crippen LogP contribution in [0.3, 0.4) is 0 Å². The molecular formula is C27H32N2O4. The molecule has 4 aromatic rings. The van der Waals surface area contributed by atoms with E-state index in [9.17, 15) is 9.59 Å². The second-order valence-electron chi connectivity index (χ2n) is 8.78. The van der Waals surface area contributed by atoms with Crippen molar-refractivity contribution in [2.45, 2.75) is 46.2 Å². The predicted molar refractivity (Wildman–Crippen MR) is 131 cm³/mol. The highest BCUT2D eigenvalue weighted by atomic mass is 16.5. The highest BCUT2D eigenvalue weighted by Gasteiger charge is 2.31. The Kier molecular flexibility index (Phi) is 6.96. The summed E-state index contributed by atoms with van der Waals surface area (Å²) in [5.41, 5.74) is 3.80. The Morgan fingerprint density at radius 1 is 0.818 bits per heavy atom. The van der Waals surface area contributed by atoms with E-state index in [1.54, 1.807) is 0 Å². The van der Waals surface area contributed by atoms with E-state index in [0.29, 0.717) is 0 Å². The number of rotatable bonds is 4. The van der Waals surface area contributed by atoms with Crippen LogP contribution in [0.25, 0.3) is 21.8 Å². The molecular weight excluding hydrogens is 416 g/mol. The molecule has 2 aromatic heterocycles. The number of ether oxygens (including phenoxy) is 2. The molecule has 1 atom stereocenters. The van der Waals surface area contributed by atoms with Crippen LogP contribution in [0.15, 0.2) is 60.9 Å². The number of methoxy groups -OCH3 is 2. The van der Waals surface area contributed by atoms with Crippen molar-refractivity contribution in [2.24, 2.45) is 0 Å². The first-order chi connectivity index (χ1) is 15.6. The largest absolute Gasteiger partial charge is 0.467 e. The minimum absolute atomic E-state index is 0.223. The zero-order valence-electron chi connectivity index (χ0n) is 20.4. The van der Waals surface area contributed by atoms with Gasteiger partial charge in [0.1, 0.15) is 11.6 Å². The molecule has 0 aliphatic rings. The Morgan fingerprint density at radius 3 is 1.94 bits per heavy atom. The minimum atomic E-state index is -0.690. The van der Waals surface area contributed by atoms with Gasteiger partial charge in [-0.05, 0) is 80.8 Å². The molecule has 0 radical (unpaired) electrons. The number of aryl methyl sites for hydroxylation is 2. The quantitative estimate of drug-likeness (QED) is 0.385. The predicted octanol–water partition coefficient (Wildman–Crippen LogP) is 5.54. The molecule has 6 nitrogen and oxygen atoms in total. The van der Waals surface area contributed by atoms with Crippen molar-refractivity contribution < 1.29 is 19.1 Å². The summed E-state index contributed by atoms with van der Waals surface area (Å²) >= 11 is 0. The van der Waals surface area contributed by atoms with E-state index in [0.717, 1.165) is 21.8 Å². The first-order valence-corrected chi connectivity index (χ1v) is 10.9. The molecule has 0 saturated carbocycles. The van der Waals surface area contributed by atoms with Crippen molar-refractivity contribution in [3.05, 3.63) is 72.1 Å². The normalized spacial score (nSPS) is 12.2. The number of aromatic nitrogens is 2. The lowest BCUT2D eigenvalue weighted by Crippen LogP contribution is -2.36. The number of benzene rings is 2. The third kappa shape index (κ3) is 4.80. The van der Waals surface area contributed by atoms with Gasteiger partial charge in [0.25, 0.3) is 0 Å². The van der Waals surface area contributed by atoms with Gasteiger partial charge in [0, 0.05) is 23.4 Å². The van der Waals surface area contributed by atoms with Gasteiger partial charge in [-0.15, -0.1) is 0 Å². The van der Waals surface area contributed by atoms with Gasteiger partial charge in [0.05, 0.1) is 14.2 Å². The van der Waals surface area contributed by atoms with Crippen LogP contribution < -0.4 is 0 Å². The molecule has 6 heteroatoms. The molecule has 0 saturated heterocycles. The second-order valence-corrected chi connectivity index (χ2v) is 8.78. The van der Waals surface area contributed by atoms with Crippen molar-refractivity contribution in [1.82, 2.24) is 9.13 Å². The van der Waals surface area contributed by atoms with Gasteiger partial charge in [-0.3, -0.25) is 0 Å². The smallest absolute Gasteiger partial charge is 0.331 e. The average molecular weight is 449 g/mol. The van der Waals surface area contributed by atoms with Crippen LogP contribution in [0.4, 0.5) is 0 Å². The Hall–Kier alpha value is -3.54. The Balaban J connectivity index is 0.000000186. The zero-order valence-corrected chi connectivity index (χ0v) is 20.4. The number of esters is 2. The first kappa shape index (κ1) is 24.1.